The summed E-state index contributed by atoms with van der Waals surface area (Å²) in [6.07, 6.45) is 1.85. The lowest BCUT2D eigenvalue weighted by Gasteiger charge is -2.04. The quantitative estimate of drug-likeness (QED) is 0.736. The van der Waals surface area contributed by atoms with Gasteiger partial charge in [-0.15, -0.1) is 0 Å². The molecule has 3 rings (SSSR count). The number of allylic oxidation sites excluding steroid dienone is 1. The van der Waals surface area contributed by atoms with Crippen LogP contribution in [0.4, 0.5) is 0 Å². The number of benzene rings is 2. The number of nitrogens with one attached hydrogen (secondary N) is 1. The first-order valence-electron chi connectivity index (χ1n) is 7.34. The highest BCUT2D eigenvalue weighted by Crippen LogP contribution is 2.23. The molecule has 4 nitrogen and oxygen atoms in total. The molecule has 0 amide bonds. The number of hydrogen-bond acceptors (Lipinski definition) is 3. The van der Waals surface area contributed by atoms with E-state index < -0.39 is 0 Å². The highest BCUT2D eigenvalue weighted by Gasteiger charge is 2.09. The van der Waals surface area contributed by atoms with Gasteiger partial charge in [0, 0.05) is 0 Å². The van der Waals surface area contributed by atoms with E-state index in [1.165, 1.54) is 0 Å². The second-order valence-electron chi connectivity index (χ2n) is 5.50. The Kier molecular flexibility index (Phi) is 3.86. The number of nitrogens with zero attached hydrogens (tertiary/aromatic N) is 2. The maximum Gasteiger partial charge on any atom is 0.149 e. The van der Waals surface area contributed by atoms with Crippen molar-refractivity contribution in [3.8, 4) is 11.8 Å². The summed E-state index contributed by atoms with van der Waals surface area (Å²) in [5, 5.41) is 9.51. The Labute approximate surface area is 135 Å². The number of hydrogen-bond donors (Lipinski definition) is 1. The van der Waals surface area contributed by atoms with Crippen molar-refractivity contribution < 1.29 is 4.74 Å². The average molecular weight is 303 g/mol. The van der Waals surface area contributed by atoms with Crippen LogP contribution in [0.2, 0.25) is 0 Å². The van der Waals surface area contributed by atoms with Gasteiger partial charge in [-0.05, 0) is 60.9 Å². The fourth-order valence-electron chi connectivity index (χ4n) is 2.50. The molecule has 23 heavy (non-hydrogen) atoms. The molecule has 2 aromatic carbocycles. The summed E-state index contributed by atoms with van der Waals surface area (Å²) in [7, 11) is 1.64. The van der Waals surface area contributed by atoms with Gasteiger partial charge in [0.25, 0.3) is 0 Å². The molecule has 0 unspecified atom stereocenters. The monoisotopic (exact) mass is 303 g/mol. The van der Waals surface area contributed by atoms with Crippen LogP contribution in [0, 0.1) is 25.2 Å². The first-order valence-corrected chi connectivity index (χ1v) is 7.34. The number of methoxy groups -OCH3 is 1. The summed E-state index contributed by atoms with van der Waals surface area (Å²) in [4.78, 5) is 7.74. The topological polar surface area (TPSA) is 61.7 Å². The van der Waals surface area contributed by atoms with Crippen LogP contribution < -0.4 is 4.74 Å². The lowest BCUT2D eigenvalue weighted by Crippen LogP contribution is -1.89. The van der Waals surface area contributed by atoms with Crippen molar-refractivity contribution in [3.63, 3.8) is 0 Å². The van der Waals surface area contributed by atoms with Crippen LogP contribution in [0.1, 0.15) is 22.5 Å². The number of nitriles is 1. The minimum atomic E-state index is 0.507. The van der Waals surface area contributed by atoms with Gasteiger partial charge in [0.1, 0.15) is 17.6 Å². The minimum Gasteiger partial charge on any atom is -0.497 e. The molecule has 0 fully saturated rings. The standard InChI is InChI=1S/C19H17N3O/c1-12-4-7-17-18(8-12)22-19(21-17)15(11-20)10-14-5-6-16(23-3)9-13(14)2/h4-10H,1-3H3,(H,21,22). The first-order chi connectivity index (χ1) is 11.1. The third kappa shape index (κ3) is 2.95. The fraction of sp³-hybridized carbons (Fsp3) is 0.158. The Bertz CT molecular complexity index is 945. The third-order valence-corrected chi connectivity index (χ3v) is 3.79. The Morgan fingerprint density at radius 3 is 2.74 bits per heavy atom. The highest BCUT2D eigenvalue weighted by molar-refractivity contribution is 5.90. The molecular formula is C19H17N3O. The van der Waals surface area contributed by atoms with Gasteiger partial charge < -0.3 is 9.72 Å². The number of aryl methyl sites for hydroxylation is 2. The van der Waals surface area contributed by atoms with Crippen LogP contribution >= 0.6 is 0 Å². The van der Waals surface area contributed by atoms with E-state index in [0.717, 1.165) is 33.5 Å². The van der Waals surface area contributed by atoms with Crippen LogP contribution in [0.25, 0.3) is 22.7 Å². The molecule has 114 valence electrons. The molecule has 0 aliphatic heterocycles. The van der Waals surface area contributed by atoms with Gasteiger partial charge in [-0.2, -0.15) is 5.26 Å². The van der Waals surface area contributed by atoms with E-state index in [0.29, 0.717) is 11.4 Å². The third-order valence-electron chi connectivity index (χ3n) is 3.79. The van der Waals surface area contributed by atoms with Crippen LogP contribution in [-0.2, 0) is 0 Å². The molecular weight excluding hydrogens is 286 g/mol. The zero-order valence-corrected chi connectivity index (χ0v) is 13.3. The van der Waals surface area contributed by atoms with Gasteiger partial charge in [-0.1, -0.05) is 12.1 Å². The normalized spacial score (nSPS) is 11.5. The van der Waals surface area contributed by atoms with Crippen molar-refractivity contribution in [1.29, 1.82) is 5.26 Å². The maximum atomic E-state index is 9.51. The van der Waals surface area contributed by atoms with Gasteiger partial charge >= 0.3 is 0 Å². The van der Waals surface area contributed by atoms with Crippen LogP contribution in [-0.4, -0.2) is 17.1 Å². The molecule has 0 saturated carbocycles. The summed E-state index contributed by atoms with van der Waals surface area (Å²) in [6.45, 7) is 4.02. The summed E-state index contributed by atoms with van der Waals surface area (Å²) < 4.78 is 5.21. The van der Waals surface area contributed by atoms with Crippen molar-refractivity contribution in [1.82, 2.24) is 9.97 Å². The van der Waals surface area contributed by atoms with E-state index in [1.54, 1.807) is 7.11 Å². The Balaban J connectivity index is 2.05. The molecule has 0 aliphatic carbocycles. The zero-order valence-electron chi connectivity index (χ0n) is 13.3. The second-order valence-corrected chi connectivity index (χ2v) is 5.50. The Morgan fingerprint density at radius 1 is 1.22 bits per heavy atom. The number of H-pyrrole nitrogens is 1. The van der Waals surface area contributed by atoms with E-state index in [-0.39, 0.29) is 0 Å². The molecule has 0 spiro atoms. The maximum absolute atomic E-state index is 9.51. The summed E-state index contributed by atoms with van der Waals surface area (Å²) in [6, 6.07) is 14.0. The smallest absolute Gasteiger partial charge is 0.149 e. The van der Waals surface area contributed by atoms with Gasteiger partial charge in [0.2, 0.25) is 0 Å². The highest BCUT2D eigenvalue weighted by atomic mass is 16.5. The molecule has 1 aromatic heterocycles. The van der Waals surface area contributed by atoms with E-state index in [1.807, 2.05) is 56.3 Å². The number of imidazole rings is 1. The van der Waals surface area contributed by atoms with Gasteiger partial charge in [-0.25, -0.2) is 4.98 Å². The number of rotatable bonds is 3. The first kappa shape index (κ1) is 14.9. The largest absolute Gasteiger partial charge is 0.497 e. The van der Waals surface area contributed by atoms with Crippen molar-refractivity contribution in [3.05, 3.63) is 58.9 Å². The van der Waals surface area contributed by atoms with E-state index >= 15 is 0 Å². The number of aromatic amines is 1. The van der Waals surface area contributed by atoms with E-state index in [4.69, 9.17) is 4.74 Å². The fourth-order valence-corrected chi connectivity index (χ4v) is 2.50. The summed E-state index contributed by atoms with van der Waals surface area (Å²) >= 11 is 0. The van der Waals surface area contributed by atoms with E-state index in [2.05, 4.69) is 16.0 Å². The Hall–Kier alpha value is -3.06. The van der Waals surface area contributed by atoms with Crippen LogP contribution in [0.3, 0.4) is 0 Å². The van der Waals surface area contributed by atoms with Gasteiger partial charge in [0.15, 0.2) is 0 Å². The van der Waals surface area contributed by atoms with Gasteiger partial charge in [-0.3, -0.25) is 0 Å². The molecule has 1 N–H and O–H groups in total. The number of aromatic nitrogens is 2. The zero-order chi connectivity index (χ0) is 16.4. The van der Waals surface area contributed by atoms with Crippen molar-refractivity contribution >= 4 is 22.7 Å². The molecule has 0 atom stereocenters. The predicted octanol–water partition coefficient (Wildman–Crippen LogP) is 4.25. The Morgan fingerprint density at radius 2 is 2.04 bits per heavy atom. The molecule has 1 heterocycles. The number of ether oxygens (including phenoxy) is 1. The molecule has 0 saturated heterocycles. The molecule has 0 radical (unpaired) electrons. The van der Waals surface area contributed by atoms with Crippen molar-refractivity contribution in [2.24, 2.45) is 0 Å². The molecule has 0 aliphatic rings. The van der Waals surface area contributed by atoms with Crippen molar-refractivity contribution in [2.75, 3.05) is 7.11 Å². The molecule has 0 bridgehead atoms. The SMILES string of the molecule is COc1ccc(C=C(C#N)c2nc3ccc(C)cc3[nH]2)c(C)c1. The lowest BCUT2D eigenvalue weighted by atomic mass is 10.1. The predicted molar refractivity (Wildman–Crippen MR) is 92.0 cm³/mol. The van der Waals surface area contributed by atoms with Crippen molar-refractivity contribution in [2.45, 2.75) is 13.8 Å². The van der Waals surface area contributed by atoms with Crippen LogP contribution in [0.5, 0.6) is 5.75 Å². The summed E-state index contributed by atoms with van der Waals surface area (Å²) in [5.74, 6) is 1.39. The van der Waals surface area contributed by atoms with Crippen LogP contribution in [0.15, 0.2) is 36.4 Å². The summed E-state index contributed by atoms with van der Waals surface area (Å²) in [5.41, 5.74) is 5.47. The van der Waals surface area contributed by atoms with Gasteiger partial charge in [0.05, 0.1) is 23.7 Å². The number of fused-ring (bicyclic) bond motifs is 1. The molecule has 3 aromatic rings. The second kappa shape index (κ2) is 5.98. The molecule has 4 heteroatoms. The van der Waals surface area contributed by atoms with E-state index in [9.17, 15) is 5.26 Å². The minimum absolute atomic E-state index is 0.507. The lowest BCUT2D eigenvalue weighted by molar-refractivity contribution is 0.414. The average Bonchev–Trinajstić information content (AvgIpc) is 2.96.